The van der Waals surface area contributed by atoms with Crippen LogP contribution in [0, 0.1) is 5.82 Å². The maximum absolute atomic E-state index is 13.3. The lowest BCUT2D eigenvalue weighted by atomic mass is 9.78. The number of rotatable bonds is 7. The molecule has 0 radical (unpaired) electrons. The molecule has 2 heterocycles. The van der Waals surface area contributed by atoms with E-state index in [0.717, 1.165) is 76.3 Å². The number of amides is 1. The summed E-state index contributed by atoms with van der Waals surface area (Å²) in [6.07, 6.45) is 8.25. The minimum absolute atomic E-state index is 0.0950. The van der Waals surface area contributed by atoms with E-state index in [2.05, 4.69) is 25.1 Å². The van der Waals surface area contributed by atoms with Crippen LogP contribution in [0.3, 0.4) is 0 Å². The maximum Gasteiger partial charge on any atom is 0.230 e. The van der Waals surface area contributed by atoms with Crippen LogP contribution in [0.1, 0.15) is 37.7 Å². The molecule has 1 saturated carbocycles. The fourth-order valence-electron chi connectivity index (χ4n) is 4.69. The summed E-state index contributed by atoms with van der Waals surface area (Å²) < 4.78 is 13.3. The number of piperazine rings is 1. The molecule has 1 N–H and O–H groups in total. The number of hydrogen-bond acceptors (Lipinski definition) is 5. The van der Waals surface area contributed by atoms with Gasteiger partial charge in [-0.05, 0) is 49.6 Å². The van der Waals surface area contributed by atoms with E-state index >= 15 is 0 Å². The predicted octanol–water partition coefficient (Wildman–Crippen LogP) is 2.76. The van der Waals surface area contributed by atoms with E-state index in [0.29, 0.717) is 6.54 Å². The van der Waals surface area contributed by atoms with Crippen LogP contribution in [0.25, 0.3) is 0 Å². The van der Waals surface area contributed by atoms with Crippen LogP contribution >= 0.6 is 0 Å². The fraction of sp³-hybridized carbons (Fsp3) is 0.522. The normalized spacial score (nSPS) is 19.0. The highest BCUT2D eigenvalue weighted by Crippen LogP contribution is 2.41. The van der Waals surface area contributed by atoms with Crippen LogP contribution in [0.15, 0.2) is 42.7 Å². The summed E-state index contributed by atoms with van der Waals surface area (Å²) in [7, 11) is 0. The lowest BCUT2D eigenvalue weighted by molar-refractivity contribution is -0.126. The molecule has 1 saturated heterocycles. The van der Waals surface area contributed by atoms with Gasteiger partial charge in [0.25, 0.3) is 0 Å². The average molecular weight is 412 g/mol. The molecular weight excluding hydrogens is 381 g/mol. The van der Waals surface area contributed by atoms with Crippen molar-refractivity contribution in [2.75, 3.05) is 44.2 Å². The van der Waals surface area contributed by atoms with Gasteiger partial charge in [-0.3, -0.25) is 9.69 Å². The Kier molecular flexibility index (Phi) is 6.57. The molecule has 2 aliphatic rings. The quantitative estimate of drug-likeness (QED) is 0.710. The SMILES string of the molecule is O=C(NCCCN1CCN(c2ncccn2)CC1)C1(c2ccc(F)cc2)CCCC1. The first-order valence-electron chi connectivity index (χ1n) is 11.0. The van der Waals surface area contributed by atoms with Gasteiger partial charge in [0.05, 0.1) is 5.41 Å². The lowest BCUT2D eigenvalue weighted by Gasteiger charge is -2.34. The van der Waals surface area contributed by atoms with Crippen LogP contribution in [-0.2, 0) is 10.2 Å². The number of hydrogen-bond donors (Lipinski definition) is 1. The molecule has 7 heteroatoms. The van der Waals surface area contributed by atoms with Crippen molar-refractivity contribution in [3.05, 3.63) is 54.1 Å². The topological polar surface area (TPSA) is 61.4 Å². The molecule has 160 valence electrons. The molecule has 4 rings (SSSR count). The minimum Gasteiger partial charge on any atom is -0.355 e. The maximum atomic E-state index is 13.3. The first kappa shape index (κ1) is 20.7. The highest BCUT2D eigenvalue weighted by molar-refractivity contribution is 5.88. The number of nitrogens with zero attached hydrogens (tertiary/aromatic N) is 4. The minimum atomic E-state index is -0.491. The molecule has 0 unspecified atom stereocenters. The Balaban J connectivity index is 1.22. The highest BCUT2D eigenvalue weighted by Gasteiger charge is 2.42. The average Bonchev–Trinajstić information content (AvgIpc) is 3.29. The molecule has 1 amide bonds. The number of aromatic nitrogens is 2. The van der Waals surface area contributed by atoms with Crippen molar-refractivity contribution in [1.82, 2.24) is 20.2 Å². The smallest absolute Gasteiger partial charge is 0.230 e. The Morgan fingerprint density at radius 3 is 2.37 bits per heavy atom. The van der Waals surface area contributed by atoms with Crippen LogP contribution < -0.4 is 10.2 Å². The van der Waals surface area contributed by atoms with Gasteiger partial charge in [-0.25, -0.2) is 14.4 Å². The summed E-state index contributed by atoms with van der Waals surface area (Å²) in [5, 5.41) is 3.16. The van der Waals surface area contributed by atoms with Crippen molar-refractivity contribution in [3.63, 3.8) is 0 Å². The highest BCUT2D eigenvalue weighted by atomic mass is 19.1. The van der Waals surface area contributed by atoms with E-state index in [1.54, 1.807) is 24.5 Å². The van der Waals surface area contributed by atoms with Crippen molar-refractivity contribution < 1.29 is 9.18 Å². The molecule has 1 aromatic heterocycles. The summed E-state index contributed by atoms with van der Waals surface area (Å²) >= 11 is 0. The Hall–Kier alpha value is -2.54. The van der Waals surface area contributed by atoms with Gasteiger partial charge in [0.1, 0.15) is 5.82 Å². The third-order valence-electron chi connectivity index (χ3n) is 6.43. The number of carbonyl (C=O) groups excluding carboxylic acids is 1. The summed E-state index contributed by atoms with van der Waals surface area (Å²) in [6, 6.07) is 8.30. The fourth-order valence-corrected chi connectivity index (χ4v) is 4.69. The lowest BCUT2D eigenvalue weighted by Crippen LogP contribution is -2.48. The number of anilines is 1. The van der Waals surface area contributed by atoms with Crippen LogP contribution in [0.2, 0.25) is 0 Å². The number of halogens is 1. The monoisotopic (exact) mass is 411 g/mol. The van der Waals surface area contributed by atoms with Crippen molar-refractivity contribution in [1.29, 1.82) is 0 Å². The van der Waals surface area contributed by atoms with E-state index in [4.69, 9.17) is 0 Å². The molecule has 0 spiro atoms. The van der Waals surface area contributed by atoms with E-state index < -0.39 is 5.41 Å². The second-order valence-corrected chi connectivity index (χ2v) is 8.28. The van der Waals surface area contributed by atoms with Gasteiger partial charge >= 0.3 is 0 Å². The molecule has 2 fully saturated rings. The Morgan fingerprint density at radius 2 is 1.70 bits per heavy atom. The Bertz CT molecular complexity index is 815. The Morgan fingerprint density at radius 1 is 1.03 bits per heavy atom. The third-order valence-corrected chi connectivity index (χ3v) is 6.43. The van der Waals surface area contributed by atoms with Gasteiger partial charge in [-0.15, -0.1) is 0 Å². The zero-order chi connectivity index (χ0) is 20.8. The molecular formula is C23H30FN5O. The number of carbonyl (C=O) groups is 1. The van der Waals surface area contributed by atoms with E-state index in [9.17, 15) is 9.18 Å². The standard InChI is InChI=1S/C23H30FN5O/c24-20-7-5-19(6-8-20)23(9-1-2-10-23)21(30)25-13-4-14-28-15-17-29(18-16-28)22-26-11-3-12-27-22/h3,5-8,11-12H,1-2,4,9-10,13-18H2,(H,25,30). The zero-order valence-electron chi connectivity index (χ0n) is 17.4. The summed E-state index contributed by atoms with van der Waals surface area (Å²) in [6.45, 7) is 5.43. The van der Waals surface area contributed by atoms with Crippen LogP contribution in [0.5, 0.6) is 0 Å². The molecule has 1 aromatic carbocycles. The third kappa shape index (κ3) is 4.61. The summed E-state index contributed by atoms with van der Waals surface area (Å²) in [5.74, 6) is 0.635. The molecule has 2 aromatic rings. The van der Waals surface area contributed by atoms with E-state index in [1.165, 1.54) is 12.1 Å². The van der Waals surface area contributed by atoms with Gasteiger partial charge in [-0.1, -0.05) is 25.0 Å². The number of benzene rings is 1. The van der Waals surface area contributed by atoms with Crippen molar-refractivity contribution in [3.8, 4) is 0 Å². The predicted molar refractivity (Wildman–Crippen MR) is 115 cm³/mol. The molecule has 0 atom stereocenters. The van der Waals surface area contributed by atoms with Crippen LogP contribution in [0.4, 0.5) is 10.3 Å². The molecule has 1 aliphatic carbocycles. The van der Waals surface area contributed by atoms with Crippen molar-refractivity contribution >= 4 is 11.9 Å². The van der Waals surface area contributed by atoms with Crippen molar-refractivity contribution in [2.24, 2.45) is 0 Å². The van der Waals surface area contributed by atoms with E-state index in [1.807, 2.05) is 6.07 Å². The van der Waals surface area contributed by atoms with Gasteiger partial charge in [0.15, 0.2) is 0 Å². The first-order chi connectivity index (χ1) is 14.7. The second-order valence-electron chi connectivity index (χ2n) is 8.28. The summed E-state index contributed by atoms with van der Waals surface area (Å²) in [5.41, 5.74) is 0.452. The van der Waals surface area contributed by atoms with Crippen molar-refractivity contribution in [2.45, 2.75) is 37.5 Å². The molecule has 1 aliphatic heterocycles. The van der Waals surface area contributed by atoms with Crippen LogP contribution in [-0.4, -0.2) is 60.0 Å². The first-order valence-corrected chi connectivity index (χ1v) is 11.0. The molecule has 0 bridgehead atoms. The molecule has 6 nitrogen and oxygen atoms in total. The molecule has 30 heavy (non-hydrogen) atoms. The second kappa shape index (κ2) is 9.51. The number of nitrogens with one attached hydrogen (secondary N) is 1. The van der Waals surface area contributed by atoms with Gasteiger partial charge in [0.2, 0.25) is 11.9 Å². The Labute approximate surface area is 177 Å². The summed E-state index contributed by atoms with van der Waals surface area (Å²) in [4.78, 5) is 26.4. The van der Waals surface area contributed by atoms with Gasteiger partial charge in [-0.2, -0.15) is 0 Å². The van der Waals surface area contributed by atoms with Gasteiger partial charge < -0.3 is 10.2 Å². The van der Waals surface area contributed by atoms with E-state index in [-0.39, 0.29) is 11.7 Å². The van der Waals surface area contributed by atoms with Gasteiger partial charge in [0, 0.05) is 45.1 Å². The zero-order valence-corrected chi connectivity index (χ0v) is 17.4. The largest absolute Gasteiger partial charge is 0.355 e.